The van der Waals surface area contributed by atoms with Crippen LogP contribution in [0, 0.1) is 5.92 Å². The number of piperidine rings is 1. The fourth-order valence-corrected chi connectivity index (χ4v) is 2.15. The number of benzene rings is 1. The molecule has 0 atom stereocenters. The van der Waals surface area contributed by atoms with Crippen molar-refractivity contribution in [3.8, 4) is 11.5 Å². The molecule has 0 spiro atoms. The van der Waals surface area contributed by atoms with Crippen molar-refractivity contribution in [2.45, 2.75) is 12.8 Å². The van der Waals surface area contributed by atoms with Gasteiger partial charge in [0.05, 0.1) is 12.7 Å². The molecule has 1 aliphatic heterocycles. The Labute approximate surface area is 101 Å². The molecular formula is C13H17NO3. The zero-order chi connectivity index (χ0) is 12.3. The van der Waals surface area contributed by atoms with Crippen molar-refractivity contribution < 1.29 is 14.6 Å². The summed E-state index contributed by atoms with van der Waals surface area (Å²) < 4.78 is 4.99. The number of phenolic OH excluding ortho intramolecular Hbond substituents is 1. The second-order valence-electron chi connectivity index (χ2n) is 4.27. The topological polar surface area (TPSA) is 58.6 Å². The highest BCUT2D eigenvalue weighted by atomic mass is 16.5. The van der Waals surface area contributed by atoms with Gasteiger partial charge in [-0.15, -0.1) is 0 Å². The average molecular weight is 235 g/mol. The number of carbonyl (C=O) groups is 1. The van der Waals surface area contributed by atoms with E-state index in [1.165, 1.54) is 13.2 Å². The first-order valence-corrected chi connectivity index (χ1v) is 5.84. The molecule has 92 valence electrons. The molecule has 4 heteroatoms. The van der Waals surface area contributed by atoms with Crippen LogP contribution in [0.4, 0.5) is 0 Å². The lowest BCUT2D eigenvalue weighted by Crippen LogP contribution is -2.31. The highest BCUT2D eigenvalue weighted by Gasteiger charge is 2.24. The summed E-state index contributed by atoms with van der Waals surface area (Å²) in [5.41, 5.74) is 0.401. The minimum atomic E-state index is 0.00730. The second kappa shape index (κ2) is 5.19. The first kappa shape index (κ1) is 11.9. The molecule has 0 saturated carbocycles. The minimum absolute atomic E-state index is 0.00730. The lowest BCUT2D eigenvalue weighted by atomic mass is 9.89. The highest BCUT2D eigenvalue weighted by molar-refractivity contribution is 6.00. The van der Waals surface area contributed by atoms with Gasteiger partial charge in [0, 0.05) is 12.0 Å². The van der Waals surface area contributed by atoms with Crippen LogP contribution in [0.15, 0.2) is 18.2 Å². The number of hydrogen-bond acceptors (Lipinski definition) is 4. The van der Waals surface area contributed by atoms with E-state index in [1.54, 1.807) is 12.1 Å². The van der Waals surface area contributed by atoms with E-state index in [4.69, 9.17) is 4.74 Å². The Morgan fingerprint density at radius 1 is 1.41 bits per heavy atom. The van der Waals surface area contributed by atoms with Gasteiger partial charge < -0.3 is 15.2 Å². The van der Waals surface area contributed by atoms with Crippen LogP contribution in [0.2, 0.25) is 0 Å². The number of methoxy groups -OCH3 is 1. The van der Waals surface area contributed by atoms with E-state index >= 15 is 0 Å². The van der Waals surface area contributed by atoms with Crippen LogP contribution in [0.3, 0.4) is 0 Å². The predicted molar refractivity (Wildman–Crippen MR) is 64.6 cm³/mol. The van der Waals surface area contributed by atoms with Crippen molar-refractivity contribution in [3.63, 3.8) is 0 Å². The molecule has 0 aromatic heterocycles. The van der Waals surface area contributed by atoms with Crippen molar-refractivity contribution in [1.29, 1.82) is 0 Å². The molecule has 17 heavy (non-hydrogen) atoms. The number of phenols is 1. The molecule has 0 bridgehead atoms. The molecule has 0 unspecified atom stereocenters. The Morgan fingerprint density at radius 2 is 2.12 bits per heavy atom. The summed E-state index contributed by atoms with van der Waals surface area (Å²) in [7, 11) is 1.53. The monoisotopic (exact) mass is 235 g/mol. The third kappa shape index (κ3) is 2.58. The van der Waals surface area contributed by atoms with E-state index in [1.807, 2.05) is 0 Å². The fraction of sp³-hybridized carbons (Fsp3) is 0.462. The molecule has 1 aromatic rings. The maximum atomic E-state index is 12.2. The van der Waals surface area contributed by atoms with Gasteiger partial charge in [-0.05, 0) is 38.1 Å². The van der Waals surface area contributed by atoms with Gasteiger partial charge in [0.15, 0.2) is 5.78 Å². The van der Waals surface area contributed by atoms with Crippen LogP contribution in [-0.2, 0) is 0 Å². The van der Waals surface area contributed by atoms with Gasteiger partial charge in [-0.2, -0.15) is 0 Å². The van der Waals surface area contributed by atoms with Crippen LogP contribution in [-0.4, -0.2) is 31.1 Å². The quantitative estimate of drug-likeness (QED) is 0.781. The molecule has 1 saturated heterocycles. The van der Waals surface area contributed by atoms with E-state index < -0.39 is 0 Å². The number of ether oxygens (including phenoxy) is 1. The van der Waals surface area contributed by atoms with Gasteiger partial charge in [-0.1, -0.05) is 0 Å². The van der Waals surface area contributed by atoms with E-state index in [2.05, 4.69) is 5.32 Å². The third-order valence-electron chi connectivity index (χ3n) is 3.18. The van der Waals surface area contributed by atoms with Gasteiger partial charge in [0.2, 0.25) is 0 Å². The SMILES string of the molecule is COc1ccc(C(=O)C2CCNCC2)c(O)c1. The number of Topliss-reactive ketones (excluding diaryl/α,β-unsaturated/α-hetero) is 1. The van der Waals surface area contributed by atoms with Crippen LogP contribution in [0.25, 0.3) is 0 Å². The predicted octanol–water partition coefficient (Wildman–Crippen LogP) is 1.58. The average Bonchev–Trinajstić information content (AvgIpc) is 2.39. The van der Waals surface area contributed by atoms with E-state index in [9.17, 15) is 9.90 Å². The van der Waals surface area contributed by atoms with Crippen molar-refractivity contribution >= 4 is 5.78 Å². The largest absolute Gasteiger partial charge is 0.507 e. The van der Waals surface area contributed by atoms with E-state index in [-0.39, 0.29) is 17.5 Å². The maximum Gasteiger partial charge on any atom is 0.169 e. The zero-order valence-corrected chi connectivity index (χ0v) is 9.90. The third-order valence-corrected chi connectivity index (χ3v) is 3.18. The molecule has 1 heterocycles. The van der Waals surface area contributed by atoms with Crippen molar-refractivity contribution in [2.75, 3.05) is 20.2 Å². The highest BCUT2D eigenvalue weighted by Crippen LogP contribution is 2.27. The van der Waals surface area contributed by atoms with Gasteiger partial charge in [-0.25, -0.2) is 0 Å². The first-order valence-electron chi connectivity index (χ1n) is 5.84. The molecule has 1 fully saturated rings. The van der Waals surface area contributed by atoms with Crippen molar-refractivity contribution in [3.05, 3.63) is 23.8 Å². The Bertz CT molecular complexity index is 411. The van der Waals surface area contributed by atoms with E-state index in [0.29, 0.717) is 11.3 Å². The molecular weight excluding hydrogens is 218 g/mol. The molecule has 2 rings (SSSR count). The maximum absolute atomic E-state index is 12.2. The Kier molecular flexibility index (Phi) is 3.64. The number of carbonyl (C=O) groups excluding carboxylic acids is 1. The Hall–Kier alpha value is -1.55. The Morgan fingerprint density at radius 3 is 2.71 bits per heavy atom. The molecule has 1 aromatic carbocycles. The number of ketones is 1. The Balaban J connectivity index is 2.18. The molecule has 0 aliphatic carbocycles. The smallest absolute Gasteiger partial charge is 0.169 e. The van der Waals surface area contributed by atoms with Gasteiger partial charge in [-0.3, -0.25) is 4.79 Å². The molecule has 0 radical (unpaired) electrons. The number of rotatable bonds is 3. The summed E-state index contributed by atoms with van der Waals surface area (Å²) in [6.07, 6.45) is 1.68. The first-order chi connectivity index (χ1) is 8.22. The van der Waals surface area contributed by atoms with Crippen LogP contribution in [0.5, 0.6) is 11.5 Å². The second-order valence-corrected chi connectivity index (χ2v) is 4.27. The van der Waals surface area contributed by atoms with Crippen LogP contribution >= 0.6 is 0 Å². The molecule has 2 N–H and O–H groups in total. The summed E-state index contributed by atoms with van der Waals surface area (Å²) >= 11 is 0. The summed E-state index contributed by atoms with van der Waals surface area (Å²) in [6, 6.07) is 4.82. The van der Waals surface area contributed by atoms with Crippen molar-refractivity contribution in [1.82, 2.24) is 5.32 Å². The number of hydrogen-bond donors (Lipinski definition) is 2. The summed E-state index contributed by atoms with van der Waals surface area (Å²) in [5.74, 6) is 0.624. The summed E-state index contributed by atoms with van der Waals surface area (Å²) in [4.78, 5) is 12.2. The lowest BCUT2D eigenvalue weighted by molar-refractivity contribution is 0.0892. The van der Waals surface area contributed by atoms with Gasteiger partial charge in [0.25, 0.3) is 0 Å². The number of aromatic hydroxyl groups is 1. The molecule has 0 amide bonds. The standard InChI is InChI=1S/C13H17NO3/c1-17-10-2-3-11(12(15)8-10)13(16)9-4-6-14-7-5-9/h2-3,8-9,14-15H,4-7H2,1H3. The van der Waals surface area contributed by atoms with E-state index in [0.717, 1.165) is 25.9 Å². The van der Waals surface area contributed by atoms with Crippen LogP contribution in [0.1, 0.15) is 23.2 Å². The van der Waals surface area contributed by atoms with Gasteiger partial charge >= 0.3 is 0 Å². The fourth-order valence-electron chi connectivity index (χ4n) is 2.15. The van der Waals surface area contributed by atoms with Gasteiger partial charge in [0.1, 0.15) is 11.5 Å². The van der Waals surface area contributed by atoms with Crippen LogP contribution < -0.4 is 10.1 Å². The van der Waals surface area contributed by atoms with Crippen molar-refractivity contribution in [2.24, 2.45) is 5.92 Å². The minimum Gasteiger partial charge on any atom is -0.507 e. The molecule has 1 aliphatic rings. The summed E-state index contributed by atoms with van der Waals surface area (Å²) in [6.45, 7) is 1.74. The summed E-state index contributed by atoms with van der Waals surface area (Å²) in [5, 5.41) is 13.0. The molecule has 4 nitrogen and oxygen atoms in total. The normalized spacial score (nSPS) is 16.8. The zero-order valence-electron chi connectivity index (χ0n) is 9.90. The number of nitrogens with one attached hydrogen (secondary N) is 1. The lowest BCUT2D eigenvalue weighted by Gasteiger charge is -2.21.